The van der Waals surface area contributed by atoms with Gasteiger partial charge in [0.05, 0.1) is 32.8 Å². The van der Waals surface area contributed by atoms with Crippen molar-refractivity contribution in [1.29, 1.82) is 0 Å². The molecule has 68 heavy (non-hydrogen) atoms. The molecule has 0 aromatic heterocycles. The Morgan fingerprint density at radius 3 is 1.72 bits per heavy atom. The molecule has 1 N–H and O–H groups in total. The lowest BCUT2D eigenvalue weighted by Crippen LogP contribution is -2.63. The number of hydrogen-bond donors (Lipinski definition) is 1. The number of carbonyl (C=O) groups is 5. The maximum absolute atomic E-state index is 14.4. The zero-order chi connectivity index (χ0) is 49.0. The second kappa shape index (κ2) is 20.6. The number of aliphatic hydroxyl groups excluding tert-OH is 1. The number of hydrogen-bond acceptors (Lipinski definition) is 16. The molecule has 3 saturated heterocycles. The van der Waals surface area contributed by atoms with E-state index in [2.05, 4.69) is 4.99 Å². The molecular weight excluding hydrogens is 913 g/mol. The third kappa shape index (κ3) is 10.5. The Morgan fingerprint density at radius 2 is 1.24 bits per heavy atom. The highest BCUT2D eigenvalue weighted by atomic mass is 32.2. The van der Waals surface area contributed by atoms with Crippen LogP contribution < -0.4 is 0 Å². The van der Waals surface area contributed by atoms with Gasteiger partial charge in [-0.05, 0) is 73.4 Å². The SMILES string of the molecule is CC(=NC(=O)OCc1ccc([N+](=O)[O-])cc1)N1CCN(C(=O)[C@@H]2C[C@H](SC3=C(C(=O)OCc4ccc([N+](=O)[O-])cc4)N4C(=O)[C@H]([C@@H](C)O)[C@H]4[C@H]3C)CN2C(=O)OCc2ccc([N+](=O)[O-])cc2)CC1. The number of piperazine rings is 1. The van der Waals surface area contributed by atoms with E-state index in [-0.39, 0.29) is 87.6 Å². The van der Waals surface area contributed by atoms with Crippen LogP contribution in [0, 0.1) is 42.2 Å². The Hall–Kier alpha value is -7.47. The highest BCUT2D eigenvalue weighted by Gasteiger charge is 2.61. The van der Waals surface area contributed by atoms with Crippen LogP contribution in [0.15, 0.2) is 88.4 Å². The Bertz CT molecular complexity index is 2550. The van der Waals surface area contributed by atoms with Gasteiger partial charge in [0.15, 0.2) is 0 Å². The number of β-lactam (4-membered cyclic amide) rings is 1. The van der Waals surface area contributed by atoms with Crippen LogP contribution in [0.2, 0.25) is 0 Å². The van der Waals surface area contributed by atoms with E-state index in [9.17, 15) is 59.4 Å². The first-order chi connectivity index (χ1) is 32.4. The number of nitro groups is 3. The number of esters is 1. The van der Waals surface area contributed by atoms with Crippen LogP contribution in [-0.2, 0) is 48.4 Å². The minimum absolute atomic E-state index is 0.0202. The molecule has 24 heteroatoms. The smallest absolute Gasteiger partial charge is 0.435 e. The Balaban J connectivity index is 1.06. The molecule has 23 nitrogen and oxygen atoms in total. The Morgan fingerprint density at radius 1 is 0.765 bits per heavy atom. The van der Waals surface area contributed by atoms with E-state index in [1.807, 2.05) is 6.92 Å². The molecule has 0 aliphatic carbocycles. The molecule has 7 rings (SSSR count). The monoisotopic (exact) mass is 958 g/mol. The van der Waals surface area contributed by atoms with Crippen LogP contribution in [0.4, 0.5) is 26.7 Å². The van der Waals surface area contributed by atoms with Crippen molar-refractivity contribution in [3.63, 3.8) is 0 Å². The van der Waals surface area contributed by atoms with Crippen molar-refractivity contribution in [1.82, 2.24) is 19.6 Å². The number of non-ortho nitro benzene ring substituents is 3. The summed E-state index contributed by atoms with van der Waals surface area (Å²) >= 11 is 1.22. The van der Waals surface area contributed by atoms with Crippen LogP contribution in [0.3, 0.4) is 0 Å². The fourth-order valence-electron chi connectivity index (χ4n) is 8.60. The number of thioether (sulfide) groups is 1. The fraction of sp³-hybridized carbons (Fsp3) is 0.409. The van der Waals surface area contributed by atoms with Crippen molar-refractivity contribution in [3.05, 3.63) is 130 Å². The van der Waals surface area contributed by atoms with Gasteiger partial charge in [0.25, 0.3) is 17.1 Å². The first-order valence-corrected chi connectivity index (χ1v) is 22.3. The maximum atomic E-state index is 14.4. The minimum atomic E-state index is -1.04. The molecule has 358 valence electrons. The summed E-state index contributed by atoms with van der Waals surface area (Å²) in [4.78, 5) is 110. The molecular formula is C44H46N8O15S. The van der Waals surface area contributed by atoms with E-state index < -0.39 is 74.1 Å². The fourth-order valence-corrected chi connectivity index (χ4v) is 10.1. The molecule has 4 heterocycles. The van der Waals surface area contributed by atoms with Gasteiger partial charge in [-0.2, -0.15) is 4.99 Å². The van der Waals surface area contributed by atoms with E-state index in [0.717, 1.165) is 0 Å². The third-order valence-electron chi connectivity index (χ3n) is 12.2. The topological polar surface area (TPSA) is 288 Å². The zero-order valence-corrected chi connectivity index (χ0v) is 37.7. The van der Waals surface area contributed by atoms with Crippen LogP contribution in [0.1, 0.15) is 43.9 Å². The van der Waals surface area contributed by atoms with Crippen molar-refractivity contribution < 1.29 is 58.1 Å². The number of fused-ring (bicyclic) bond motifs is 1. The lowest BCUT2D eigenvalue weighted by Gasteiger charge is -2.46. The van der Waals surface area contributed by atoms with Gasteiger partial charge in [-0.3, -0.25) is 44.8 Å². The number of aliphatic imine (C=N–C) groups is 1. The summed E-state index contributed by atoms with van der Waals surface area (Å²) in [7, 11) is 0. The van der Waals surface area contributed by atoms with Crippen LogP contribution in [0.5, 0.6) is 0 Å². The van der Waals surface area contributed by atoms with Crippen molar-refractivity contribution in [2.75, 3.05) is 32.7 Å². The van der Waals surface area contributed by atoms with Gasteiger partial charge in [0.2, 0.25) is 11.8 Å². The van der Waals surface area contributed by atoms with Gasteiger partial charge in [-0.1, -0.05) is 6.92 Å². The van der Waals surface area contributed by atoms with E-state index in [0.29, 0.717) is 27.4 Å². The molecule has 0 radical (unpaired) electrons. The Labute approximate surface area is 391 Å². The zero-order valence-electron chi connectivity index (χ0n) is 36.9. The number of ether oxygens (including phenoxy) is 3. The summed E-state index contributed by atoms with van der Waals surface area (Å²) in [6, 6.07) is 14.8. The van der Waals surface area contributed by atoms with Gasteiger partial charge < -0.3 is 34.0 Å². The average molecular weight is 959 g/mol. The number of benzene rings is 3. The van der Waals surface area contributed by atoms with Crippen LogP contribution in [0.25, 0.3) is 0 Å². The lowest BCUT2D eigenvalue weighted by atomic mass is 9.79. The molecule has 4 amide bonds. The summed E-state index contributed by atoms with van der Waals surface area (Å²) in [6.45, 7) is 5.16. The van der Waals surface area contributed by atoms with E-state index in [1.165, 1.54) is 101 Å². The maximum Gasteiger partial charge on any atom is 0.435 e. The first-order valence-electron chi connectivity index (χ1n) is 21.4. The number of likely N-dealkylation sites (tertiary alicyclic amines) is 1. The second-order valence-corrected chi connectivity index (χ2v) is 17.9. The van der Waals surface area contributed by atoms with Gasteiger partial charge in [-0.25, -0.2) is 14.4 Å². The summed E-state index contributed by atoms with van der Waals surface area (Å²) < 4.78 is 16.5. The van der Waals surface area contributed by atoms with Crippen molar-refractivity contribution >= 4 is 64.6 Å². The average Bonchev–Trinajstić information content (AvgIpc) is 3.85. The summed E-state index contributed by atoms with van der Waals surface area (Å²) in [5, 5.41) is 43.3. The third-order valence-corrected chi connectivity index (χ3v) is 13.7. The number of aliphatic hydroxyl groups is 1. The minimum Gasteiger partial charge on any atom is -0.456 e. The Kier molecular flexibility index (Phi) is 14.7. The summed E-state index contributed by atoms with van der Waals surface area (Å²) in [5.41, 5.74) is 1.02. The van der Waals surface area contributed by atoms with E-state index in [1.54, 1.807) is 16.7 Å². The van der Waals surface area contributed by atoms with Gasteiger partial charge in [0.1, 0.15) is 37.4 Å². The standard InChI is InChI=1S/C44H46N8O15S/c1-25-37-36(26(2)53)41(55)49(37)38(42(56)65-22-28-4-10-31(11-5-28)50(59)60)39(25)68-34-20-35(48(21-34)44(58)67-24-30-8-14-33(15-9-30)52(63)64)40(54)47-18-16-46(17-19-47)27(3)45-43(57)66-23-29-6-12-32(13-7-29)51(61)62/h4-15,25-26,34-37,53H,16-24H2,1-3H3/t25-,26-,34+,35+,36-,37-/m1/s1. The van der Waals surface area contributed by atoms with Crippen molar-refractivity contribution in [3.8, 4) is 0 Å². The lowest BCUT2D eigenvalue weighted by molar-refractivity contribution is -0.385. The predicted molar refractivity (Wildman–Crippen MR) is 239 cm³/mol. The second-order valence-electron chi connectivity index (χ2n) is 16.5. The molecule has 0 bridgehead atoms. The number of amidine groups is 1. The van der Waals surface area contributed by atoms with Gasteiger partial charge in [0, 0.05) is 85.2 Å². The molecule has 4 aliphatic heterocycles. The normalized spacial score (nSPS) is 21.7. The molecule has 3 fully saturated rings. The van der Waals surface area contributed by atoms with Gasteiger partial charge in [-0.15, -0.1) is 11.8 Å². The molecule has 3 aromatic rings. The molecule has 3 aromatic carbocycles. The number of rotatable bonds is 14. The number of amides is 4. The summed E-state index contributed by atoms with van der Waals surface area (Å²) in [6.07, 6.45) is -2.62. The van der Waals surface area contributed by atoms with E-state index in [4.69, 9.17) is 14.2 Å². The van der Waals surface area contributed by atoms with Gasteiger partial charge >= 0.3 is 18.2 Å². The molecule has 0 unspecified atom stereocenters. The quantitative estimate of drug-likeness (QED) is 0.0426. The van der Waals surface area contributed by atoms with Crippen molar-refractivity contribution in [2.24, 2.45) is 16.8 Å². The predicted octanol–water partition coefficient (Wildman–Crippen LogP) is 4.94. The number of nitrogens with zero attached hydrogens (tertiary/aromatic N) is 8. The molecule has 4 aliphatic rings. The number of carbonyl (C=O) groups excluding carboxylic acids is 5. The van der Waals surface area contributed by atoms with E-state index >= 15 is 0 Å². The molecule has 0 spiro atoms. The number of nitro benzene ring substituents is 3. The molecule has 6 atom stereocenters. The van der Waals surface area contributed by atoms with Crippen LogP contribution in [-0.4, -0.2) is 131 Å². The van der Waals surface area contributed by atoms with Crippen molar-refractivity contribution in [2.45, 2.75) is 70.5 Å². The molecule has 0 saturated carbocycles. The summed E-state index contributed by atoms with van der Waals surface area (Å²) in [5.74, 6) is -2.62. The first kappa shape index (κ1) is 48.5. The largest absolute Gasteiger partial charge is 0.456 e. The highest BCUT2D eigenvalue weighted by molar-refractivity contribution is 8.03. The van der Waals surface area contributed by atoms with Crippen LogP contribution >= 0.6 is 11.8 Å². The highest BCUT2D eigenvalue weighted by Crippen LogP contribution is 2.52.